The van der Waals surface area contributed by atoms with Gasteiger partial charge in [0.05, 0.1) is 0 Å². The van der Waals surface area contributed by atoms with Gasteiger partial charge in [-0.05, 0) is 19.9 Å². The smallest absolute Gasteiger partial charge is 0.475 e. The zero-order chi connectivity index (χ0) is 12.1. The lowest BCUT2D eigenvalue weighted by molar-refractivity contribution is -0.151. The van der Waals surface area contributed by atoms with Crippen LogP contribution in [-0.4, -0.2) is 30.9 Å². The highest BCUT2D eigenvalue weighted by atomic mass is 31.2. The van der Waals surface area contributed by atoms with Gasteiger partial charge in [0, 0.05) is 14.2 Å². The van der Waals surface area contributed by atoms with Gasteiger partial charge in [0.2, 0.25) is 0 Å². The summed E-state index contributed by atoms with van der Waals surface area (Å²) in [5, 5.41) is 8.91. The Labute approximate surface area is 88.5 Å². The molecule has 0 radical (unpaired) electrons. The van der Waals surface area contributed by atoms with E-state index < -0.39 is 19.4 Å². The first kappa shape index (κ1) is 14.3. The van der Waals surface area contributed by atoms with Crippen molar-refractivity contribution in [1.29, 1.82) is 0 Å². The molecule has 15 heavy (non-hydrogen) atoms. The number of carbonyl (C=O) groups is 1. The maximum absolute atomic E-state index is 11.6. The van der Waals surface area contributed by atoms with Gasteiger partial charge in [0.15, 0.2) is 5.60 Å². The Balaban J connectivity index is 5.00. The summed E-state index contributed by atoms with van der Waals surface area (Å²) in [5.41, 5.74) is -1.74. The molecule has 0 saturated heterocycles. The predicted molar refractivity (Wildman–Crippen MR) is 53.6 cm³/mol. The largest absolute Gasteiger partial charge is 0.479 e. The van der Waals surface area contributed by atoms with E-state index in [1.807, 2.05) is 0 Å². The van der Waals surface area contributed by atoms with Crippen LogP contribution in [0.25, 0.3) is 0 Å². The maximum Gasteiger partial charge on any atom is 0.475 e. The van der Waals surface area contributed by atoms with Crippen molar-refractivity contribution in [2.45, 2.75) is 19.4 Å². The Morgan fingerprint density at radius 1 is 1.40 bits per heavy atom. The molecule has 0 aliphatic heterocycles. The number of aliphatic carboxylic acids is 1. The quantitative estimate of drug-likeness (QED) is 0.561. The van der Waals surface area contributed by atoms with Crippen LogP contribution < -0.4 is 0 Å². The molecule has 0 aromatic rings. The molecule has 0 heterocycles. The minimum atomic E-state index is -3.82. The SMILES string of the molecule is CC=CC(C)(OP(=O)(OC)OC)C(=O)O. The molecule has 0 aromatic heterocycles. The van der Waals surface area contributed by atoms with E-state index in [1.54, 1.807) is 6.92 Å². The Morgan fingerprint density at radius 3 is 2.13 bits per heavy atom. The number of hydrogen-bond donors (Lipinski definition) is 1. The molecule has 1 atom stereocenters. The van der Waals surface area contributed by atoms with Crippen molar-refractivity contribution in [3.8, 4) is 0 Å². The van der Waals surface area contributed by atoms with Gasteiger partial charge < -0.3 is 5.11 Å². The second-order valence-electron chi connectivity index (χ2n) is 2.82. The standard InChI is InChI=1S/C8H15O6P/c1-5-6-8(2,7(9)10)14-15(11,12-3)13-4/h5-6H,1-4H3,(H,9,10). The van der Waals surface area contributed by atoms with Gasteiger partial charge in [-0.3, -0.25) is 13.6 Å². The van der Waals surface area contributed by atoms with Gasteiger partial charge in [-0.25, -0.2) is 9.36 Å². The Kier molecular flexibility index (Phi) is 5.17. The average Bonchev–Trinajstić information content (AvgIpc) is 2.17. The zero-order valence-electron chi connectivity index (χ0n) is 9.09. The van der Waals surface area contributed by atoms with Crippen LogP contribution in [0.4, 0.5) is 0 Å². The zero-order valence-corrected chi connectivity index (χ0v) is 9.98. The van der Waals surface area contributed by atoms with Gasteiger partial charge in [-0.2, -0.15) is 0 Å². The molecule has 7 heteroatoms. The van der Waals surface area contributed by atoms with Crippen LogP contribution in [0.5, 0.6) is 0 Å². The van der Waals surface area contributed by atoms with E-state index >= 15 is 0 Å². The monoisotopic (exact) mass is 238 g/mol. The number of rotatable bonds is 6. The molecule has 0 fully saturated rings. The summed E-state index contributed by atoms with van der Waals surface area (Å²) in [6.45, 7) is 2.87. The first-order valence-corrected chi connectivity index (χ1v) is 5.59. The van der Waals surface area contributed by atoms with Gasteiger partial charge in [-0.15, -0.1) is 0 Å². The molecule has 0 spiro atoms. The van der Waals surface area contributed by atoms with Crippen molar-refractivity contribution in [1.82, 2.24) is 0 Å². The highest BCUT2D eigenvalue weighted by Crippen LogP contribution is 2.51. The fraction of sp³-hybridized carbons (Fsp3) is 0.625. The molecule has 0 saturated carbocycles. The number of phosphoric ester groups is 1. The van der Waals surface area contributed by atoms with Crippen LogP contribution in [0.15, 0.2) is 12.2 Å². The summed E-state index contributed by atoms with van der Waals surface area (Å²) < 4.78 is 25.4. The average molecular weight is 238 g/mol. The molecule has 0 aliphatic carbocycles. The second kappa shape index (κ2) is 5.42. The van der Waals surface area contributed by atoms with Crippen molar-refractivity contribution in [2.75, 3.05) is 14.2 Å². The summed E-state index contributed by atoms with van der Waals surface area (Å²) in [6.07, 6.45) is 2.73. The van der Waals surface area contributed by atoms with E-state index in [2.05, 4.69) is 9.05 Å². The van der Waals surface area contributed by atoms with Gasteiger partial charge in [0.25, 0.3) is 0 Å². The minimum absolute atomic E-state index is 1.11. The fourth-order valence-corrected chi connectivity index (χ4v) is 1.74. The molecule has 0 amide bonds. The van der Waals surface area contributed by atoms with Crippen LogP contribution in [-0.2, 0) is 22.9 Å². The van der Waals surface area contributed by atoms with Gasteiger partial charge >= 0.3 is 13.8 Å². The first-order chi connectivity index (χ1) is 6.83. The van der Waals surface area contributed by atoms with E-state index in [-0.39, 0.29) is 0 Å². The summed E-state index contributed by atoms with van der Waals surface area (Å²) in [5.74, 6) is -1.28. The third kappa shape index (κ3) is 3.76. The molecule has 88 valence electrons. The van der Waals surface area contributed by atoms with E-state index in [0.29, 0.717) is 0 Å². The lowest BCUT2D eigenvalue weighted by Crippen LogP contribution is -2.35. The van der Waals surface area contributed by atoms with Crippen molar-refractivity contribution >= 4 is 13.8 Å². The predicted octanol–water partition coefficient (Wildman–Crippen LogP) is 1.82. The first-order valence-electron chi connectivity index (χ1n) is 4.13. The molecule has 1 unspecified atom stereocenters. The van der Waals surface area contributed by atoms with E-state index in [1.165, 1.54) is 19.1 Å². The maximum atomic E-state index is 11.6. The van der Waals surface area contributed by atoms with E-state index in [4.69, 9.17) is 9.63 Å². The fourth-order valence-electron chi connectivity index (χ4n) is 0.840. The lowest BCUT2D eigenvalue weighted by atomic mass is 10.1. The topological polar surface area (TPSA) is 82.1 Å². The number of allylic oxidation sites excluding steroid dienone is 1. The molecule has 1 N–H and O–H groups in total. The Hall–Kier alpha value is -0.680. The van der Waals surface area contributed by atoms with Crippen LogP contribution in [0.3, 0.4) is 0 Å². The minimum Gasteiger partial charge on any atom is -0.479 e. The Morgan fingerprint density at radius 2 is 1.87 bits per heavy atom. The normalized spacial score (nSPS) is 16.5. The van der Waals surface area contributed by atoms with Crippen molar-refractivity contribution < 1.29 is 28.0 Å². The van der Waals surface area contributed by atoms with E-state index in [0.717, 1.165) is 14.2 Å². The third-order valence-corrected chi connectivity index (χ3v) is 3.16. The lowest BCUT2D eigenvalue weighted by Gasteiger charge is -2.24. The van der Waals surface area contributed by atoms with Crippen molar-refractivity contribution in [2.24, 2.45) is 0 Å². The summed E-state index contributed by atoms with van der Waals surface area (Å²) >= 11 is 0. The van der Waals surface area contributed by atoms with Crippen LogP contribution in [0, 0.1) is 0 Å². The molecule has 0 bridgehead atoms. The van der Waals surface area contributed by atoms with Gasteiger partial charge in [0.1, 0.15) is 0 Å². The van der Waals surface area contributed by atoms with Crippen LogP contribution in [0.2, 0.25) is 0 Å². The number of carboxylic acids is 1. The highest BCUT2D eigenvalue weighted by molar-refractivity contribution is 7.48. The number of carboxylic acid groups (broad SMARTS) is 1. The molecule has 0 aliphatic rings. The molecular formula is C8H15O6P. The molecular weight excluding hydrogens is 223 g/mol. The van der Waals surface area contributed by atoms with E-state index in [9.17, 15) is 9.36 Å². The molecule has 0 aromatic carbocycles. The van der Waals surface area contributed by atoms with Crippen LogP contribution >= 0.6 is 7.82 Å². The number of phosphoric acid groups is 1. The molecule has 0 rings (SSSR count). The third-order valence-electron chi connectivity index (χ3n) is 1.66. The molecule has 6 nitrogen and oxygen atoms in total. The summed E-state index contributed by atoms with van der Waals surface area (Å²) in [6, 6.07) is 0. The van der Waals surface area contributed by atoms with Crippen molar-refractivity contribution in [3.05, 3.63) is 12.2 Å². The van der Waals surface area contributed by atoms with Gasteiger partial charge in [-0.1, -0.05) is 6.08 Å². The van der Waals surface area contributed by atoms with Crippen molar-refractivity contribution in [3.63, 3.8) is 0 Å². The number of hydrogen-bond acceptors (Lipinski definition) is 5. The summed E-state index contributed by atoms with van der Waals surface area (Å²) in [4.78, 5) is 10.9. The highest BCUT2D eigenvalue weighted by Gasteiger charge is 2.40. The second-order valence-corrected chi connectivity index (χ2v) is 4.62. The Bertz CT molecular complexity index is 292. The summed E-state index contributed by atoms with van der Waals surface area (Å²) in [7, 11) is -1.59. The van der Waals surface area contributed by atoms with Crippen LogP contribution in [0.1, 0.15) is 13.8 Å².